The van der Waals surface area contributed by atoms with E-state index in [0.29, 0.717) is 0 Å². The van der Waals surface area contributed by atoms with E-state index < -0.39 is 6.00 Å². The van der Waals surface area contributed by atoms with Gasteiger partial charge in [0.1, 0.15) is 0 Å². The first-order valence-electron chi connectivity index (χ1n) is 6.98. The van der Waals surface area contributed by atoms with Crippen molar-refractivity contribution >= 4 is 39.2 Å². The lowest BCUT2D eigenvalue weighted by molar-refractivity contribution is 0.508. The Balaban J connectivity index is 3.04. The molecule has 0 radical (unpaired) electrons. The van der Waals surface area contributed by atoms with Gasteiger partial charge in [-0.25, -0.2) is 0 Å². The van der Waals surface area contributed by atoms with Crippen LogP contribution in [-0.4, -0.2) is 6.00 Å². The molecule has 0 N–H and O–H groups in total. The molecule has 104 valence electrons. The quantitative estimate of drug-likeness (QED) is 0.223. The summed E-state index contributed by atoms with van der Waals surface area (Å²) in [5.74, 6) is 0.862. The maximum absolute atomic E-state index is 5.83. The van der Waals surface area contributed by atoms with E-state index in [1.54, 1.807) is 0 Å². The fraction of sp³-hybridized carbons (Fsp3) is 1.00. The Morgan fingerprint density at radius 1 is 0.706 bits per heavy atom. The van der Waals surface area contributed by atoms with Gasteiger partial charge in [-0.3, -0.25) is 0 Å². The second kappa shape index (κ2) is 11.0. The molecule has 0 aromatic heterocycles. The van der Waals surface area contributed by atoms with Gasteiger partial charge in [0, 0.05) is 0 Å². The first kappa shape index (κ1) is 18.1. The number of unbranched alkanes of at least 4 members (excludes halogenated alkanes) is 7. The summed E-state index contributed by atoms with van der Waals surface area (Å²) in [6.07, 6.45) is 11.9. The molecule has 0 aliphatic carbocycles. The van der Waals surface area contributed by atoms with Crippen molar-refractivity contribution in [2.45, 2.75) is 77.7 Å². The highest BCUT2D eigenvalue weighted by Gasteiger charge is 2.23. The summed E-state index contributed by atoms with van der Waals surface area (Å²) in [4.78, 5) is 0. The molecule has 0 rings (SSSR count). The molecule has 0 nitrogen and oxygen atoms in total. The van der Waals surface area contributed by atoms with E-state index in [2.05, 4.69) is 13.8 Å². The van der Waals surface area contributed by atoms with Crippen LogP contribution in [-0.2, 0) is 0 Å². The van der Waals surface area contributed by atoms with Gasteiger partial charge in [-0.2, -0.15) is 0 Å². The van der Waals surface area contributed by atoms with Crippen molar-refractivity contribution in [3.8, 4) is 0 Å². The van der Waals surface area contributed by atoms with Crippen molar-refractivity contribution in [1.29, 1.82) is 0 Å². The van der Waals surface area contributed by atoms with Gasteiger partial charge in [0.2, 0.25) is 0 Å². The van der Waals surface area contributed by atoms with Crippen LogP contribution in [0.15, 0.2) is 0 Å². The number of halogens is 3. The molecule has 0 aromatic rings. The van der Waals surface area contributed by atoms with Crippen LogP contribution < -0.4 is 0 Å². The zero-order valence-corrected chi connectivity index (χ0v) is 14.6. The molecule has 0 aliphatic heterocycles. The summed E-state index contributed by atoms with van der Waals surface area (Å²) in [6, 6.07) is -1.51. The van der Waals surface area contributed by atoms with Crippen molar-refractivity contribution in [3.63, 3.8) is 0 Å². The van der Waals surface area contributed by atoms with E-state index in [1.165, 1.54) is 51.4 Å². The third-order valence-electron chi connectivity index (χ3n) is 2.99. The van der Waals surface area contributed by atoms with Crippen LogP contribution >= 0.6 is 33.2 Å². The molecule has 17 heavy (non-hydrogen) atoms. The molecular weight excluding hydrogens is 291 g/mol. The molecule has 0 spiro atoms. The second-order valence-electron chi connectivity index (χ2n) is 5.38. The summed E-state index contributed by atoms with van der Waals surface area (Å²) in [7, 11) is 0. The summed E-state index contributed by atoms with van der Waals surface area (Å²) >= 11 is 17.5. The van der Waals surface area contributed by atoms with Gasteiger partial charge in [0.25, 0.3) is 0 Å². The summed E-state index contributed by atoms with van der Waals surface area (Å²) in [5, 5.41) is 0. The zero-order chi connectivity index (χ0) is 13.1. The molecule has 0 amide bonds. The van der Waals surface area contributed by atoms with Crippen LogP contribution in [0.3, 0.4) is 0 Å². The summed E-state index contributed by atoms with van der Waals surface area (Å²) in [6.45, 7) is 4.60. The predicted octanol–water partition coefficient (Wildman–Crippen LogP) is 6.81. The lowest BCUT2D eigenvalue weighted by atomic mass is 10.0. The van der Waals surface area contributed by atoms with Gasteiger partial charge in [-0.15, -0.1) is 33.2 Å². The molecule has 0 saturated heterocycles. The van der Waals surface area contributed by atoms with Crippen molar-refractivity contribution < 1.29 is 0 Å². The molecule has 0 fully saturated rings. The van der Waals surface area contributed by atoms with Crippen LogP contribution in [0, 0.1) is 5.92 Å². The molecule has 0 aliphatic rings. The molecule has 0 atom stereocenters. The molecule has 4 heteroatoms. The van der Waals surface area contributed by atoms with E-state index in [0.717, 1.165) is 18.4 Å². The fourth-order valence-corrected chi connectivity index (χ4v) is 3.79. The Labute approximate surface area is 123 Å². The van der Waals surface area contributed by atoms with Crippen LogP contribution in [0.25, 0.3) is 0 Å². The van der Waals surface area contributed by atoms with E-state index >= 15 is 0 Å². The first-order valence-corrected chi connectivity index (χ1v) is 12.2. The maximum atomic E-state index is 5.83. The zero-order valence-electron chi connectivity index (χ0n) is 11.3. The minimum Gasteiger partial charge on any atom is -0.126 e. The van der Waals surface area contributed by atoms with Gasteiger partial charge in [-0.1, -0.05) is 71.6 Å². The Morgan fingerprint density at radius 2 is 1.12 bits per heavy atom. The standard InChI is InChI=1S/C13H27Cl3Si/c1-13(2)11-9-7-5-3-4-6-8-10-12-17(14,15)16/h13H,3-12H2,1-2H3. The molecule has 0 heterocycles. The Bertz CT molecular complexity index is 167. The highest BCUT2D eigenvalue weighted by atomic mass is 35.8. The third-order valence-corrected chi connectivity index (χ3v) is 5.61. The monoisotopic (exact) mass is 316 g/mol. The maximum Gasteiger partial charge on any atom is 0.341 e. The molecular formula is C13H27Cl3Si. The Kier molecular flexibility index (Phi) is 11.7. The number of rotatable bonds is 11. The summed E-state index contributed by atoms with van der Waals surface area (Å²) < 4.78 is 0. The number of hydrogen-bond acceptors (Lipinski definition) is 0. The van der Waals surface area contributed by atoms with Gasteiger partial charge in [0.05, 0.1) is 0 Å². The highest BCUT2D eigenvalue weighted by molar-refractivity contribution is 7.64. The van der Waals surface area contributed by atoms with Crippen molar-refractivity contribution in [2.24, 2.45) is 5.92 Å². The first-order chi connectivity index (χ1) is 7.92. The van der Waals surface area contributed by atoms with E-state index in [-0.39, 0.29) is 0 Å². The van der Waals surface area contributed by atoms with Crippen LogP contribution in [0.2, 0.25) is 6.04 Å². The van der Waals surface area contributed by atoms with Crippen molar-refractivity contribution in [2.75, 3.05) is 0 Å². The minimum absolute atomic E-state index is 0.825. The number of hydrogen-bond donors (Lipinski definition) is 0. The molecule has 0 aromatic carbocycles. The van der Waals surface area contributed by atoms with E-state index in [1.807, 2.05) is 0 Å². The Hall–Kier alpha value is 1.09. The SMILES string of the molecule is CC(C)CCCCCCCCCC[Si](Cl)(Cl)Cl. The van der Waals surface area contributed by atoms with E-state index in [9.17, 15) is 0 Å². The largest absolute Gasteiger partial charge is 0.341 e. The second-order valence-corrected chi connectivity index (χ2v) is 14.7. The normalized spacial score (nSPS) is 12.4. The molecule has 0 unspecified atom stereocenters. The average molecular weight is 318 g/mol. The van der Waals surface area contributed by atoms with Crippen LogP contribution in [0.4, 0.5) is 0 Å². The molecule has 0 bridgehead atoms. The lowest BCUT2D eigenvalue weighted by Gasteiger charge is -2.07. The highest BCUT2D eigenvalue weighted by Crippen LogP contribution is 2.27. The van der Waals surface area contributed by atoms with Gasteiger partial charge in [0.15, 0.2) is 0 Å². The minimum atomic E-state index is -2.34. The van der Waals surface area contributed by atoms with E-state index in [4.69, 9.17) is 33.2 Å². The third kappa shape index (κ3) is 17.1. The molecule has 0 saturated carbocycles. The average Bonchev–Trinajstić information content (AvgIpc) is 2.18. The Morgan fingerprint density at radius 3 is 1.53 bits per heavy atom. The van der Waals surface area contributed by atoms with Gasteiger partial charge >= 0.3 is 6.00 Å². The van der Waals surface area contributed by atoms with Crippen LogP contribution in [0.5, 0.6) is 0 Å². The van der Waals surface area contributed by atoms with Gasteiger partial charge in [-0.05, 0) is 12.0 Å². The van der Waals surface area contributed by atoms with Crippen molar-refractivity contribution in [3.05, 3.63) is 0 Å². The smallest absolute Gasteiger partial charge is 0.126 e. The lowest BCUT2D eigenvalue weighted by Crippen LogP contribution is -2.07. The predicted molar refractivity (Wildman–Crippen MR) is 84.5 cm³/mol. The topological polar surface area (TPSA) is 0 Å². The van der Waals surface area contributed by atoms with Crippen molar-refractivity contribution in [1.82, 2.24) is 0 Å². The van der Waals surface area contributed by atoms with Gasteiger partial charge < -0.3 is 0 Å². The van der Waals surface area contributed by atoms with Crippen LogP contribution in [0.1, 0.15) is 71.6 Å². The summed E-state index contributed by atoms with van der Waals surface area (Å²) in [5.41, 5.74) is 0. The fourth-order valence-electron chi connectivity index (χ4n) is 1.94.